The van der Waals surface area contributed by atoms with E-state index in [9.17, 15) is 52.7 Å². The van der Waals surface area contributed by atoms with Crippen LogP contribution in [0.4, 0.5) is 0 Å². The molecule has 0 aromatic heterocycles. The molecule has 0 radical (unpaired) electrons. The first-order valence-electron chi connectivity index (χ1n) is 31.1. The van der Waals surface area contributed by atoms with Crippen LogP contribution >= 0.6 is 232 Å². The Labute approximate surface area is 711 Å². The number of ether oxygens (including phenoxy) is 1. The number of carbonyl (C=O) groups is 11. The summed E-state index contributed by atoms with van der Waals surface area (Å²) in [5.74, 6) is -11.2. The first-order chi connectivity index (χ1) is 46.4. The van der Waals surface area contributed by atoms with Crippen LogP contribution in [0.2, 0.25) is 0 Å². The van der Waals surface area contributed by atoms with Crippen molar-refractivity contribution in [3.63, 3.8) is 0 Å². The van der Waals surface area contributed by atoms with E-state index >= 15 is 0 Å². The molecule has 626 valence electrons. The number of halogens is 20. The molecule has 1 unspecified atom stereocenters. The van der Waals surface area contributed by atoms with Gasteiger partial charge in [-0.05, 0) is 71.1 Å². The second-order valence-corrected chi connectivity index (χ2v) is 37.1. The van der Waals surface area contributed by atoms with E-state index in [0.717, 1.165) is 0 Å². The molecule has 0 bridgehead atoms. The second kappa shape index (κ2) is 71.9. The van der Waals surface area contributed by atoms with Gasteiger partial charge in [0.1, 0.15) is 49.3 Å². The third kappa shape index (κ3) is 120. The predicted molar refractivity (Wildman–Crippen MR) is 428 cm³/mol. The number of esters is 1. The van der Waals surface area contributed by atoms with Crippen LogP contribution in [0.25, 0.3) is 0 Å². The first kappa shape index (κ1) is 130. The van der Waals surface area contributed by atoms with Crippen LogP contribution in [0.3, 0.4) is 0 Å². The molecule has 23 nitrogen and oxygen atoms in total. The van der Waals surface area contributed by atoms with Gasteiger partial charge in [0.05, 0.1) is 71.0 Å². The van der Waals surface area contributed by atoms with E-state index in [2.05, 4.69) is 18.6 Å². The van der Waals surface area contributed by atoms with Gasteiger partial charge >= 0.3 is 65.7 Å². The Morgan fingerprint density at radius 3 is 0.433 bits per heavy atom. The number of carboxylic acid groups (broad SMARTS) is 10. The lowest BCUT2D eigenvalue weighted by Gasteiger charge is -2.23. The summed E-state index contributed by atoms with van der Waals surface area (Å²) in [5.41, 5.74) is 0. The molecule has 0 saturated carbocycles. The van der Waals surface area contributed by atoms with Crippen LogP contribution in [0.5, 0.6) is 0 Å². The number of alkyl halides is 20. The highest BCUT2D eigenvalue weighted by atomic mass is 35.6. The smallest absolute Gasteiger partial charge is 0.311 e. The van der Waals surface area contributed by atoms with Crippen LogP contribution in [-0.4, -0.2) is 178 Å². The average Bonchev–Trinajstić information content (AvgIpc) is 0.863. The zero-order valence-electron chi connectivity index (χ0n) is 60.1. The molecule has 0 aliphatic carbocycles. The van der Waals surface area contributed by atoms with Crippen LogP contribution in [0.1, 0.15) is 245 Å². The molecule has 11 N–H and O–H groups in total. The molecule has 0 aromatic rings. The normalized spacial score (nSPS) is 11.4. The van der Waals surface area contributed by atoms with E-state index in [-0.39, 0.29) is 70.2 Å². The standard InChI is InChI=1S/C6H10Cl2O3.C6H14.9C5H8Cl2O2.C4H8O2/c1-2-6(7,8)4(3-9)5(10)11;1-3-5-6-4-2;9*1-2-5(6,7)3-4(8)9;1-3-6-4(2)5/h4,9H,2-3H2,1H3,(H,10,11);3-6H2,1-2H3;9*2-3H2,1H3,(H,8,9);3H2,1-2H3. The fourth-order valence-electron chi connectivity index (χ4n) is 4.46. The molecular formula is C61H104Cl20O23. The minimum atomic E-state index is -1.37. The van der Waals surface area contributed by atoms with Gasteiger partial charge in [0.15, 0.2) is 0 Å². The summed E-state index contributed by atoms with van der Waals surface area (Å²) in [5, 5.41) is 91.0. The molecule has 0 aromatic carbocycles. The number of aliphatic carboxylic acids is 10. The lowest BCUT2D eigenvalue weighted by molar-refractivity contribution is -0.144. The summed E-state index contributed by atoms with van der Waals surface area (Å²) in [6.07, 6.45) is 8.03. The maximum absolute atomic E-state index is 10.4. The summed E-state index contributed by atoms with van der Waals surface area (Å²) in [6.45, 7) is 24.9. The highest BCUT2D eigenvalue weighted by Gasteiger charge is 2.38. The van der Waals surface area contributed by atoms with Crippen molar-refractivity contribution in [2.24, 2.45) is 5.92 Å². The summed E-state index contributed by atoms with van der Waals surface area (Å²) in [7, 11) is 0. The Hall–Kier alpha value is -0.0700. The topological polar surface area (TPSA) is 420 Å². The van der Waals surface area contributed by atoms with Gasteiger partial charge < -0.3 is 60.9 Å². The first-order valence-corrected chi connectivity index (χ1v) is 38.7. The number of aliphatic hydroxyl groups excluding tert-OH is 1. The quantitative estimate of drug-likeness (QED) is 0.0159. The van der Waals surface area contributed by atoms with Gasteiger partial charge in [-0.2, -0.15) is 0 Å². The molecule has 0 heterocycles. The monoisotopic (exact) mass is 1900 g/mol. The van der Waals surface area contributed by atoms with Crippen LogP contribution in [-0.2, 0) is 57.5 Å². The molecule has 104 heavy (non-hydrogen) atoms. The summed E-state index contributed by atoms with van der Waals surface area (Å²) >= 11 is 110. The van der Waals surface area contributed by atoms with Crippen molar-refractivity contribution in [1.82, 2.24) is 0 Å². The van der Waals surface area contributed by atoms with Crippen LogP contribution in [0.15, 0.2) is 0 Å². The van der Waals surface area contributed by atoms with E-state index in [1.54, 1.807) is 76.2 Å². The van der Waals surface area contributed by atoms with E-state index in [4.69, 9.17) is 288 Å². The predicted octanol–water partition coefficient (Wildman–Crippen LogP) is 22.8. The van der Waals surface area contributed by atoms with Crippen molar-refractivity contribution in [2.45, 2.75) is 288 Å². The Kier molecular flexibility index (Phi) is 90.1. The van der Waals surface area contributed by atoms with Crippen molar-refractivity contribution in [1.29, 1.82) is 0 Å². The Morgan fingerprint density at radius 2 is 0.404 bits per heavy atom. The average molecular weight is 1910 g/mol. The maximum Gasteiger partial charge on any atom is 0.311 e. The van der Waals surface area contributed by atoms with Crippen molar-refractivity contribution in [2.75, 3.05) is 13.2 Å². The Balaban J connectivity index is -0.0000000890. The lowest BCUT2D eigenvalue weighted by Crippen LogP contribution is -2.34. The number of carboxylic acids is 10. The number of hydrogen-bond donors (Lipinski definition) is 11. The van der Waals surface area contributed by atoms with Crippen LogP contribution < -0.4 is 0 Å². The van der Waals surface area contributed by atoms with Gasteiger partial charge in [-0.1, -0.05) is 109 Å². The molecule has 0 aliphatic rings. The van der Waals surface area contributed by atoms with Gasteiger partial charge in [-0.15, -0.1) is 232 Å². The molecule has 0 fully saturated rings. The number of carbonyl (C=O) groups excluding carboxylic acids is 1. The molecule has 0 amide bonds. The SMILES string of the molecule is CCC(Cl)(Cl)C(CO)C(=O)O.CCC(Cl)(Cl)CC(=O)O.CCC(Cl)(Cl)CC(=O)O.CCC(Cl)(Cl)CC(=O)O.CCC(Cl)(Cl)CC(=O)O.CCC(Cl)(Cl)CC(=O)O.CCC(Cl)(Cl)CC(=O)O.CCC(Cl)(Cl)CC(=O)O.CCC(Cl)(Cl)CC(=O)O.CCC(Cl)(Cl)CC(=O)O.CCCCCC.CCOC(C)=O. The van der Waals surface area contributed by atoms with Gasteiger partial charge in [0, 0.05) is 6.92 Å². The summed E-state index contributed by atoms with van der Waals surface area (Å²) < 4.78 is -6.79. The van der Waals surface area contributed by atoms with Gasteiger partial charge in [0.2, 0.25) is 0 Å². The van der Waals surface area contributed by atoms with Crippen LogP contribution in [0, 0.1) is 5.92 Å². The Morgan fingerprint density at radius 1 is 0.269 bits per heavy atom. The largest absolute Gasteiger partial charge is 0.481 e. The van der Waals surface area contributed by atoms with Gasteiger partial charge in [0.25, 0.3) is 0 Å². The minimum absolute atomic E-state index is 0.202. The van der Waals surface area contributed by atoms with Gasteiger partial charge in [-0.25, -0.2) is 0 Å². The number of hydrogen-bond acceptors (Lipinski definition) is 13. The second-order valence-electron chi connectivity index (χ2n) is 20.8. The fourth-order valence-corrected chi connectivity index (χ4v) is 6.84. The summed E-state index contributed by atoms with van der Waals surface area (Å²) in [6, 6.07) is 0. The zero-order chi connectivity index (χ0) is 86.3. The summed E-state index contributed by atoms with van der Waals surface area (Å²) in [4.78, 5) is 110. The number of unbranched alkanes of at least 4 members (excludes halogenated alkanes) is 3. The molecule has 0 rings (SSSR count). The van der Waals surface area contributed by atoms with E-state index < -0.39 is 116 Å². The van der Waals surface area contributed by atoms with E-state index in [1.807, 2.05) is 0 Å². The third-order valence-corrected chi connectivity index (χ3v) is 19.4. The highest BCUT2D eigenvalue weighted by Crippen LogP contribution is 2.36. The lowest BCUT2D eigenvalue weighted by atomic mass is 10.0. The molecule has 0 aliphatic heterocycles. The van der Waals surface area contributed by atoms with Crippen molar-refractivity contribution >= 4 is 298 Å². The zero-order valence-corrected chi connectivity index (χ0v) is 75.3. The molecule has 0 saturated heterocycles. The highest BCUT2D eigenvalue weighted by molar-refractivity contribution is 6.53. The van der Waals surface area contributed by atoms with Crippen molar-refractivity contribution in [3.8, 4) is 0 Å². The number of rotatable bonds is 35. The van der Waals surface area contributed by atoms with E-state index in [0.29, 0.717) is 64.4 Å². The van der Waals surface area contributed by atoms with Crippen molar-refractivity contribution < 1.29 is 114 Å². The molecular weight excluding hydrogens is 1810 g/mol. The van der Waals surface area contributed by atoms with Gasteiger partial charge in [-0.3, -0.25) is 52.7 Å². The fraction of sp³-hybridized carbons (Fsp3) is 0.820. The molecule has 43 heteroatoms. The van der Waals surface area contributed by atoms with E-state index in [1.165, 1.54) is 32.6 Å². The Bertz CT molecular complexity index is 1910. The molecule has 0 spiro atoms. The maximum atomic E-state index is 10.4. The van der Waals surface area contributed by atoms with Crippen molar-refractivity contribution in [3.05, 3.63) is 0 Å². The molecule has 1 atom stereocenters. The minimum Gasteiger partial charge on any atom is -0.481 e. The number of aliphatic hydroxyl groups is 1. The third-order valence-electron chi connectivity index (χ3n) is 11.1.